The fourth-order valence-electron chi connectivity index (χ4n) is 4.35. The third kappa shape index (κ3) is 5.84. The van der Waals surface area contributed by atoms with Gasteiger partial charge in [0.2, 0.25) is 0 Å². The van der Waals surface area contributed by atoms with Crippen LogP contribution in [0.5, 0.6) is 0 Å². The van der Waals surface area contributed by atoms with Crippen molar-refractivity contribution in [2.45, 2.75) is 52.3 Å². The van der Waals surface area contributed by atoms with Gasteiger partial charge in [-0.05, 0) is 31.2 Å². The molecule has 4 heterocycles. The van der Waals surface area contributed by atoms with Crippen LogP contribution in [0.4, 0.5) is 28.9 Å². The number of hydrogen-bond donors (Lipinski definition) is 1. The predicted molar refractivity (Wildman–Crippen MR) is 148 cm³/mol. The van der Waals surface area contributed by atoms with Crippen molar-refractivity contribution >= 4 is 25.3 Å². The van der Waals surface area contributed by atoms with Crippen LogP contribution in [0.2, 0.25) is 25.7 Å². The van der Waals surface area contributed by atoms with Crippen molar-refractivity contribution < 1.29 is 22.3 Å². The zero-order valence-electron chi connectivity index (χ0n) is 22.6. The number of rotatable bonds is 9. The van der Waals surface area contributed by atoms with Crippen molar-refractivity contribution in [2.75, 3.05) is 11.9 Å². The second-order valence-corrected chi connectivity index (χ2v) is 16.4. The number of hydrogen-bond acceptors (Lipinski definition) is 6. The summed E-state index contributed by atoms with van der Waals surface area (Å²) in [6.45, 7) is 8.72. The van der Waals surface area contributed by atoms with E-state index >= 15 is 0 Å². The predicted octanol–water partition coefficient (Wildman–Crippen LogP) is 6.48. The number of aryl methyl sites for hydroxylation is 1. The lowest BCUT2D eigenvalue weighted by molar-refractivity contribution is 0.0796. The Labute approximate surface area is 229 Å². The minimum absolute atomic E-state index is 0.0304. The highest BCUT2D eigenvalue weighted by molar-refractivity contribution is 6.76. The number of aromatic nitrogens is 5. The zero-order valence-corrected chi connectivity index (χ0v) is 23.6. The summed E-state index contributed by atoms with van der Waals surface area (Å²) < 4.78 is 64.2. The van der Waals surface area contributed by atoms with Gasteiger partial charge in [-0.3, -0.25) is 9.67 Å². The zero-order chi connectivity index (χ0) is 28.6. The third-order valence-corrected chi connectivity index (χ3v) is 8.10. The van der Waals surface area contributed by atoms with E-state index in [1.165, 1.54) is 24.7 Å². The van der Waals surface area contributed by atoms with E-state index in [0.717, 1.165) is 22.9 Å². The smallest absolute Gasteiger partial charge is 0.257 e. The topological polar surface area (TPSA) is 82.2 Å². The normalized spacial score (nSPS) is 13.1. The second kappa shape index (κ2) is 11.0. The number of fused-ring (bicyclic) bond motifs is 3. The van der Waals surface area contributed by atoms with Gasteiger partial charge < -0.3 is 10.1 Å². The maximum Gasteiger partial charge on any atom is 0.257 e. The maximum atomic E-state index is 14.8. The van der Waals surface area contributed by atoms with Gasteiger partial charge in [0.25, 0.3) is 6.43 Å². The number of nitrogens with one attached hydrogen (secondary N) is 1. The van der Waals surface area contributed by atoms with Crippen molar-refractivity contribution in [3.63, 3.8) is 0 Å². The Morgan fingerprint density at radius 1 is 1.10 bits per heavy atom. The van der Waals surface area contributed by atoms with Crippen molar-refractivity contribution in [2.24, 2.45) is 4.99 Å². The highest BCUT2D eigenvalue weighted by atomic mass is 28.3. The molecule has 13 heteroatoms. The molecule has 3 aromatic heterocycles. The minimum atomic E-state index is -2.55. The van der Waals surface area contributed by atoms with Gasteiger partial charge in [0.1, 0.15) is 36.4 Å². The Hall–Kier alpha value is -3.84. The van der Waals surface area contributed by atoms with E-state index in [-0.39, 0.29) is 18.1 Å². The van der Waals surface area contributed by atoms with E-state index < -0.39 is 32.7 Å². The first-order valence-electron chi connectivity index (χ1n) is 12.8. The van der Waals surface area contributed by atoms with E-state index in [4.69, 9.17) is 4.74 Å². The molecule has 0 unspecified atom stereocenters. The molecule has 1 N–H and O–H groups in total. The van der Waals surface area contributed by atoms with Crippen LogP contribution in [0.1, 0.15) is 11.3 Å². The van der Waals surface area contributed by atoms with Gasteiger partial charge in [0.15, 0.2) is 0 Å². The molecule has 1 aliphatic heterocycles. The van der Waals surface area contributed by atoms with Gasteiger partial charge >= 0.3 is 0 Å². The largest absolute Gasteiger partial charge is 0.360 e. The first-order chi connectivity index (χ1) is 19.0. The molecule has 8 nitrogen and oxygen atoms in total. The Balaban J connectivity index is 1.61. The molecule has 0 spiro atoms. The molecule has 1 aliphatic rings. The van der Waals surface area contributed by atoms with E-state index in [1.807, 2.05) is 0 Å². The summed E-state index contributed by atoms with van der Waals surface area (Å²) in [5.74, 6) is -1.57. The van der Waals surface area contributed by atoms with Crippen molar-refractivity contribution in [1.82, 2.24) is 24.5 Å². The Kier molecular flexibility index (Phi) is 7.60. The fraction of sp³-hybridized carbons (Fsp3) is 0.333. The SMILES string of the molecule is Cc1nn(COCC[Si](C)(C)C)c2c1N=C(c1c(F)cccc1F)Nc1cnc(-c3cnn(CC(F)F)c3)cc1-2. The lowest BCUT2D eigenvalue weighted by Gasteiger charge is -2.16. The number of aliphatic imine (C=N–C) groups is 1. The van der Waals surface area contributed by atoms with Gasteiger partial charge in [-0.25, -0.2) is 27.2 Å². The molecule has 5 rings (SSSR count). The molecule has 0 fully saturated rings. The molecule has 0 aliphatic carbocycles. The average molecular weight is 572 g/mol. The number of benzene rings is 1. The highest BCUT2D eigenvalue weighted by Gasteiger charge is 2.27. The van der Waals surface area contributed by atoms with Crippen LogP contribution in [0, 0.1) is 18.6 Å². The second-order valence-electron chi connectivity index (χ2n) is 10.8. The maximum absolute atomic E-state index is 14.8. The number of amidine groups is 1. The van der Waals surface area contributed by atoms with E-state index in [1.54, 1.807) is 17.7 Å². The number of pyridine rings is 1. The van der Waals surface area contributed by atoms with Crippen LogP contribution in [0.3, 0.4) is 0 Å². The summed E-state index contributed by atoms with van der Waals surface area (Å²) >= 11 is 0. The third-order valence-electron chi connectivity index (χ3n) is 6.40. The summed E-state index contributed by atoms with van der Waals surface area (Å²) in [7, 11) is -1.32. The molecular formula is C27H29F4N7OSi. The van der Waals surface area contributed by atoms with Crippen LogP contribution in [0.25, 0.3) is 22.5 Å². The van der Waals surface area contributed by atoms with Crippen LogP contribution in [-0.4, -0.2) is 51.5 Å². The quantitative estimate of drug-likeness (QED) is 0.141. The molecule has 210 valence electrons. The molecule has 1 aromatic carbocycles. The summed E-state index contributed by atoms with van der Waals surface area (Å²) in [5.41, 5.74) is 3.26. The van der Waals surface area contributed by atoms with E-state index in [0.29, 0.717) is 46.2 Å². The van der Waals surface area contributed by atoms with Crippen molar-refractivity contribution in [3.05, 3.63) is 65.7 Å². The highest BCUT2D eigenvalue weighted by Crippen LogP contribution is 2.42. The van der Waals surface area contributed by atoms with Crippen molar-refractivity contribution in [1.29, 1.82) is 0 Å². The number of anilines is 1. The van der Waals surface area contributed by atoms with Crippen LogP contribution in [-0.2, 0) is 18.0 Å². The monoisotopic (exact) mass is 571 g/mol. The molecule has 0 saturated carbocycles. The average Bonchev–Trinajstić information content (AvgIpc) is 3.40. The van der Waals surface area contributed by atoms with Gasteiger partial charge in [-0.2, -0.15) is 10.2 Å². The molecule has 0 bridgehead atoms. The van der Waals surface area contributed by atoms with Crippen LogP contribution < -0.4 is 5.32 Å². The Morgan fingerprint density at radius 2 is 1.85 bits per heavy atom. The molecular weight excluding hydrogens is 542 g/mol. The molecule has 0 radical (unpaired) electrons. The number of ether oxygens (including phenoxy) is 1. The molecule has 40 heavy (non-hydrogen) atoms. The standard InChI is InChI=1S/C27H29F4N7OSi/c1-16-25-26(38(36-16)15-39-8-9-40(2,3)4)18-10-21(17-11-33-37(13-17)14-23(30)31)32-12-22(18)34-27(35-25)24-19(28)6-5-7-20(24)29/h5-7,10-13,23H,8-9,14-15H2,1-4H3,(H,34,35). The molecule has 4 aromatic rings. The summed E-state index contributed by atoms with van der Waals surface area (Å²) in [6, 6.07) is 6.33. The minimum Gasteiger partial charge on any atom is -0.360 e. The van der Waals surface area contributed by atoms with Crippen LogP contribution in [0.15, 0.2) is 47.8 Å². The Morgan fingerprint density at radius 3 is 2.55 bits per heavy atom. The summed E-state index contributed by atoms with van der Waals surface area (Å²) in [6.07, 6.45) is 1.91. The van der Waals surface area contributed by atoms with E-state index in [2.05, 4.69) is 45.1 Å². The molecule has 0 amide bonds. The number of alkyl halides is 2. The first kappa shape index (κ1) is 27.7. The van der Waals surface area contributed by atoms with Crippen molar-refractivity contribution in [3.8, 4) is 22.5 Å². The van der Waals surface area contributed by atoms with Gasteiger partial charge in [-0.15, -0.1) is 0 Å². The van der Waals surface area contributed by atoms with Crippen LogP contribution >= 0.6 is 0 Å². The number of nitrogens with zero attached hydrogens (tertiary/aromatic N) is 6. The lowest BCUT2D eigenvalue weighted by Crippen LogP contribution is -2.22. The van der Waals surface area contributed by atoms with E-state index in [9.17, 15) is 17.6 Å². The number of halogens is 4. The molecule has 0 saturated heterocycles. The fourth-order valence-corrected chi connectivity index (χ4v) is 5.11. The summed E-state index contributed by atoms with van der Waals surface area (Å²) in [5, 5.41) is 11.7. The first-order valence-corrected chi connectivity index (χ1v) is 16.5. The van der Waals surface area contributed by atoms with Gasteiger partial charge in [0.05, 0.1) is 40.7 Å². The summed E-state index contributed by atoms with van der Waals surface area (Å²) in [4.78, 5) is 9.12. The lowest BCUT2D eigenvalue weighted by atomic mass is 10.1. The Bertz CT molecular complexity index is 1560. The van der Waals surface area contributed by atoms with Gasteiger partial charge in [-0.1, -0.05) is 25.7 Å². The molecule has 0 atom stereocenters. The van der Waals surface area contributed by atoms with Gasteiger partial charge in [0, 0.05) is 32.0 Å².